The summed E-state index contributed by atoms with van der Waals surface area (Å²) in [6.07, 6.45) is 0.223. The third-order valence-corrected chi connectivity index (χ3v) is 4.00. The van der Waals surface area contributed by atoms with Crippen LogP contribution >= 0.6 is 0 Å². The molecule has 0 saturated heterocycles. The van der Waals surface area contributed by atoms with E-state index in [1.54, 1.807) is 70.3 Å². The highest BCUT2D eigenvalue weighted by Crippen LogP contribution is 2.25. The maximum absolute atomic E-state index is 12.7. The Bertz CT molecular complexity index is 1050. The van der Waals surface area contributed by atoms with Crippen LogP contribution in [-0.2, 0) is 9.53 Å². The lowest BCUT2D eigenvalue weighted by atomic mass is 10.2. The van der Waals surface area contributed by atoms with Crippen molar-refractivity contribution >= 4 is 16.9 Å². The van der Waals surface area contributed by atoms with Gasteiger partial charge in [0.25, 0.3) is 0 Å². The van der Waals surface area contributed by atoms with E-state index in [4.69, 9.17) is 23.4 Å². The number of benzene rings is 2. The van der Waals surface area contributed by atoms with Gasteiger partial charge in [0, 0.05) is 6.07 Å². The van der Waals surface area contributed by atoms with Gasteiger partial charge >= 0.3 is 5.97 Å². The predicted molar refractivity (Wildman–Crippen MR) is 107 cm³/mol. The van der Waals surface area contributed by atoms with Crippen LogP contribution in [-0.4, -0.2) is 25.3 Å². The maximum atomic E-state index is 12.7. The van der Waals surface area contributed by atoms with Crippen LogP contribution in [0.3, 0.4) is 0 Å². The van der Waals surface area contributed by atoms with Crippen molar-refractivity contribution in [3.05, 3.63) is 59.0 Å². The minimum atomic E-state index is -0.792. The van der Waals surface area contributed by atoms with Crippen LogP contribution in [0.4, 0.5) is 0 Å². The second kappa shape index (κ2) is 8.68. The number of carbonyl (C=O) groups is 1. The highest BCUT2D eigenvalue weighted by molar-refractivity contribution is 5.79. The average molecular weight is 398 g/mol. The highest BCUT2D eigenvalue weighted by Gasteiger charge is 2.18. The third-order valence-electron chi connectivity index (χ3n) is 4.00. The Hall–Kier alpha value is -3.48. The lowest BCUT2D eigenvalue weighted by Crippen LogP contribution is -2.28. The zero-order valence-electron chi connectivity index (χ0n) is 16.6. The fraction of sp³-hybridized carbons (Fsp3) is 0.273. The average Bonchev–Trinajstić information content (AvgIpc) is 2.70. The van der Waals surface area contributed by atoms with Crippen LogP contribution < -0.4 is 19.6 Å². The van der Waals surface area contributed by atoms with E-state index in [9.17, 15) is 9.59 Å². The quantitative estimate of drug-likeness (QED) is 0.548. The standard InChI is InChI=1S/C22H22O7/c1-13(2)27-22(24)14(3)28-17-9-10-18-19(11-17)26-12-20(21(18)23)29-16-7-5-15(25-4)6-8-16/h5-14H,1-4H3/t14-/m0/s1. The number of esters is 1. The molecule has 7 heteroatoms. The van der Waals surface area contributed by atoms with E-state index in [0.717, 1.165) is 0 Å². The highest BCUT2D eigenvalue weighted by atomic mass is 16.6. The van der Waals surface area contributed by atoms with Crippen LogP contribution in [0.15, 0.2) is 57.9 Å². The lowest BCUT2D eigenvalue weighted by molar-refractivity contribution is -0.154. The van der Waals surface area contributed by atoms with Gasteiger partial charge in [-0.3, -0.25) is 4.79 Å². The fourth-order valence-electron chi connectivity index (χ4n) is 2.59. The van der Waals surface area contributed by atoms with Crippen LogP contribution in [0.2, 0.25) is 0 Å². The van der Waals surface area contributed by atoms with E-state index in [1.165, 1.54) is 6.26 Å². The van der Waals surface area contributed by atoms with Crippen molar-refractivity contribution in [3.63, 3.8) is 0 Å². The molecule has 3 rings (SSSR count). The largest absolute Gasteiger partial charge is 0.497 e. The van der Waals surface area contributed by atoms with Gasteiger partial charge in [0.1, 0.15) is 29.1 Å². The summed E-state index contributed by atoms with van der Waals surface area (Å²) in [4.78, 5) is 24.6. The molecule has 0 unspecified atom stereocenters. The minimum absolute atomic E-state index is 0.0604. The number of hydrogen-bond acceptors (Lipinski definition) is 7. The smallest absolute Gasteiger partial charge is 0.347 e. The topological polar surface area (TPSA) is 84.2 Å². The zero-order chi connectivity index (χ0) is 21.0. The predicted octanol–water partition coefficient (Wildman–Crippen LogP) is 4.31. The van der Waals surface area contributed by atoms with Crippen LogP contribution in [0, 0.1) is 0 Å². The Morgan fingerprint density at radius 3 is 2.28 bits per heavy atom. The van der Waals surface area contributed by atoms with E-state index in [0.29, 0.717) is 28.2 Å². The summed E-state index contributed by atoms with van der Waals surface area (Å²) in [7, 11) is 1.57. The van der Waals surface area contributed by atoms with Crippen LogP contribution in [0.25, 0.3) is 11.0 Å². The molecule has 0 spiro atoms. The van der Waals surface area contributed by atoms with Gasteiger partial charge in [-0.1, -0.05) is 0 Å². The molecule has 0 fully saturated rings. The molecular formula is C22H22O7. The summed E-state index contributed by atoms with van der Waals surface area (Å²) >= 11 is 0. The molecule has 7 nitrogen and oxygen atoms in total. The Kier molecular flexibility index (Phi) is 6.07. The van der Waals surface area contributed by atoms with Gasteiger partial charge in [0.05, 0.1) is 18.6 Å². The van der Waals surface area contributed by atoms with Crippen molar-refractivity contribution in [2.24, 2.45) is 0 Å². The monoisotopic (exact) mass is 398 g/mol. The molecule has 0 aliphatic carbocycles. The number of hydrogen-bond donors (Lipinski definition) is 0. The number of carbonyl (C=O) groups excluding carboxylic acids is 1. The molecule has 0 bridgehead atoms. The second-order valence-corrected chi connectivity index (χ2v) is 6.61. The van der Waals surface area contributed by atoms with E-state index in [-0.39, 0.29) is 17.3 Å². The van der Waals surface area contributed by atoms with Gasteiger partial charge in [0.15, 0.2) is 6.10 Å². The van der Waals surface area contributed by atoms with Crippen LogP contribution in [0.5, 0.6) is 23.0 Å². The second-order valence-electron chi connectivity index (χ2n) is 6.61. The molecule has 0 saturated carbocycles. The normalized spacial score (nSPS) is 11.9. The van der Waals surface area contributed by atoms with Gasteiger partial charge in [-0.05, 0) is 57.2 Å². The molecular weight excluding hydrogens is 376 g/mol. The molecule has 2 aromatic carbocycles. The van der Waals surface area contributed by atoms with Crippen molar-refractivity contribution in [1.82, 2.24) is 0 Å². The molecule has 152 valence electrons. The molecule has 0 amide bonds. The molecule has 3 aromatic rings. The van der Waals surface area contributed by atoms with Crippen molar-refractivity contribution in [3.8, 4) is 23.0 Å². The van der Waals surface area contributed by atoms with Crippen molar-refractivity contribution < 1.29 is 28.2 Å². The molecule has 1 aromatic heterocycles. The first-order valence-corrected chi connectivity index (χ1v) is 9.12. The summed E-state index contributed by atoms with van der Waals surface area (Å²) in [6, 6.07) is 11.6. The van der Waals surface area contributed by atoms with Crippen LogP contribution in [0.1, 0.15) is 20.8 Å². The minimum Gasteiger partial charge on any atom is -0.497 e. The number of rotatable bonds is 7. The fourth-order valence-corrected chi connectivity index (χ4v) is 2.59. The van der Waals surface area contributed by atoms with E-state index in [1.807, 2.05) is 0 Å². The van der Waals surface area contributed by atoms with Gasteiger partial charge in [0.2, 0.25) is 11.2 Å². The first kappa shape index (κ1) is 20.3. The maximum Gasteiger partial charge on any atom is 0.347 e. The summed E-state index contributed by atoms with van der Waals surface area (Å²) in [5, 5.41) is 0.334. The van der Waals surface area contributed by atoms with Crippen molar-refractivity contribution in [2.75, 3.05) is 7.11 Å². The first-order valence-electron chi connectivity index (χ1n) is 9.12. The zero-order valence-corrected chi connectivity index (χ0v) is 16.6. The van der Waals surface area contributed by atoms with Gasteiger partial charge < -0.3 is 23.4 Å². The Morgan fingerprint density at radius 2 is 1.62 bits per heavy atom. The summed E-state index contributed by atoms with van der Waals surface area (Å²) in [6.45, 7) is 5.12. The third kappa shape index (κ3) is 4.87. The molecule has 29 heavy (non-hydrogen) atoms. The van der Waals surface area contributed by atoms with E-state index < -0.39 is 12.1 Å². The number of methoxy groups -OCH3 is 1. The van der Waals surface area contributed by atoms with E-state index in [2.05, 4.69) is 0 Å². The molecule has 0 aliphatic rings. The van der Waals surface area contributed by atoms with Gasteiger partial charge in [-0.25, -0.2) is 4.79 Å². The lowest BCUT2D eigenvalue weighted by Gasteiger charge is -2.15. The Morgan fingerprint density at radius 1 is 0.966 bits per heavy atom. The summed E-state index contributed by atoms with van der Waals surface area (Å²) < 4.78 is 27.0. The first-order chi connectivity index (χ1) is 13.9. The van der Waals surface area contributed by atoms with E-state index >= 15 is 0 Å². The van der Waals surface area contributed by atoms with Gasteiger partial charge in [-0.15, -0.1) is 0 Å². The molecule has 1 heterocycles. The summed E-state index contributed by atoms with van der Waals surface area (Å²) in [5.41, 5.74) is -0.000100. The Labute approximate surface area is 167 Å². The number of ether oxygens (including phenoxy) is 4. The van der Waals surface area contributed by atoms with Gasteiger partial charge in [-0.2, -0.15) is 0 Å². The molecule has 1 atom stereocenters. The summed E-state index contributed by atoms with van der Waals surface area (Å²) in [5.74, 6) is 1.14. The number of fused-ring (bicyclic) bond motifs is 1. The SMILES string of the molecule is COc1ccc(Oc2coc3cc(O[C@@H](C)C(=O)OC(C)C)ccc3c2=O)cc1. The van der Waals surface area contributed by atoms with Crippen molar-refractivity contribution in [2.45, 2.75) is 33.0 Å². The molecule has 0 N–H and O–H groups in total. The molecule has 0 aliphatic heterocycles. The molecule has 0 radical (unpaired) electrons. The Balaban J connectivity index is 1.79. The van der Waals surface area contributed by atoms with Crippen molar-refractivity contribution in [1.29, 1.82) is 0 Å².